The second kappa shape index (κ2) is 5.57. The van der Waals surface area contributed by atoms with E-state index in [1.54, 1.807) is 11.3 Å². The normalized spacial score (nSPS) is 10.6. The maximum atomic E-state index is 13.2. The first-order chi connectivity index (χ1) is 8.06. The van der Waals surface area contributed by atoms with Crippen LogP contribution >= 0.6 is 50.5 Å². The first-order valence-electron chi connectivity index (χ1n) is 4.69. The lowest BCUT2D eigenvalue weighted by molar-refractivity contribution is 0.629. The average Bonchev–Trinajstić information content (AvgIpc) is 2.69. The number of nitrogens with one attached hydrogen (secondary N) is 1. The van der Waals surface area contributed by atoms with Gasteiger partial charge in [-0.15, -0.1) is 11.3 Å². The van der Waals surface area contributed by atoms with Crippen molar-refractivity contribution in [2.24, 2.45) is 0 Å². The van der Waals surface area contributed by atoms with Gasteiger partial charge in [0.1, 0.15) is 0 Å². The molecule has 2 rings (SSSR count). The molecule has 0 unspecified atom stereocenters. The molecular formula is C11H7BrCl2FNS. The van der Waals surface area contributed by atoms with Crippen LogP contribution in [0.15, 0.2) is 28.1 Å². The van der Waals surface area contributed by atoms with Gasteiger partial charge in [-0.2, -0.15) is 0 Å². The highest BCUT2D eigenvalue weighted by atomic mass is 79.9. The highest BCUT2D eigenvalue weighted by Gasteiger charge is 2.07. The molecule has 1 aromatic carbocycles. The van der Waals surface area contributed by atoms with Crippen LogP contribution < -0.4 is 5.32 Å². The van der Waals surface area contributed by atoms with Gasteiger partial charge < -0.3 is 5.32 Å². The lowest BCUT2D eigenvalue weighted by Gasteiger charge is -2.07. The number of hydrogen-bond acceptors (Lipinski definition) is 2. The maximum Gasteiger partial charge on any atom is 0.160 e. The number of rotatable bonds is 3. The Morgan fingerprint density at radius 3 is 2.41 bits per heavy atom. The number of anilines is 1. The quantitative estimate of drug-likeness (QED) is 0.710. The van der Waals surface area contributed by atoms with Crippen molar-refractivity contribution in [3.05, 3.63) is 48.8 Å². The Morgan fingerprint density at radius 1 is 1.24 bits per heavy atom. The molecule has 0 saturated carbocycles. The van der Waals surface area contributed by atoms with Gasteiger partial charge in [-0.25, -0.2) is 4.39 Å². The van der Waals surface area contributed by atoms with E-state index in [1.165, 1.54) is 12.1 Å². The lowest BCUT2D eigenvalue weighted by atomic mass is 10.3. The Bertz CT molecular complexity index is 521. The second-order valence-electron chi connectivity index (χ2n) is 3.31. The Balaban J connectivity index is 2.09. The van der Waals surface area contributed by atoms with Gasteiger partial charge in [0.15, 0.2) is 5.82 Å². The van der Waals surface area contributed by atoms with Crippen LogP contribution in [0.2, 0.25) is 10.0 Å². The highest BCUT2D eigenvalue weighted by molar-refractivity contribution is 9.11. The summed E-state index contributed by atoms with van der Waals surface area (Å²) in [6.45, 7) is 0.647. The Morgan fingerprint density at radius 2 is 1.88 bits per heavy atom. The SMILES string of the molecule is Fc1c(Cl)cc(NCc2ccc(Br)s2)cc1Cl. The number of halogens is 4. The van der Waals surface area contributed by atoms with Crippen LogP contribution in [0.1, 0.15) is 4.88 Å². The molecule has 0 atom stereocenters. The van der Waals surface area contributed by atoms with E-state index in [9.17, 15) is 4.39 Å². The fourth-order valence-electron chi connectivity index (χ4n) is 1.29. The number of hydrogen-bond donors (Lipinski definition) is 1. The van der Waals surface area contributed by atoms with Gasteiger partial charge in [-0.1, -0.05) is 23.2 Å². The zero-order valence-corrected chi connectivity index (χ0v) is 12.4. The van der Waals surface area contributed by atoms with Crippen LogP contribution in [0.4, 0.5) is 10.1 Å². The molecule has 0 aliphatic rings. The van der Waals surface area contributed by atoms with E-state index in [0.717, 1.165) is 8.66 Å². The topological polar surface area (TPSA) is 12.0 Å². The summed E-state index contributed by atoms with van der Waals surface area (Å²) < 4.78 is 14.3. The molecule has 0 radical (unpaired) electrons. The molecule has 0 aliphatic heterocycles. The fourth-order valence-corrected chi connectivity index (χ4v) is 3.20. The first-order valence-corrected chi connectivity index (χ1v) is 7.05. The molecule has 0 aliphatic carbocycles. The van der Waals surface area contributed by atoms with Crippen molar-refractivity contribution in [3.8, 4) is 0 Å². The van der Waals surface area contributed by atoms with Gasteiger partial charge in [-0.3, -0.25) is 0 Å². The smallest absolute Gasteiger partial charge is 0.160 e. The van der Waals surface area contributed by atoms with E-state index in [0.29, 0.717) is 12.2 Å². The van der Waals surface area contributed by atoms with Gasteiger partial charge in [0.2, 0.25) is 0 Å². The third-order valence-electron chi connectivity index (χ3n) is 2.08. The largest absolute Gasteiger partial charge is 0.380 e. The van der Waals surface area contributed by atoms with Crippen molar-refractivity contribution in [2.75, 3.05) is 5.32 Å². The maximum absolute atomic E-state index is 13.2. The first kappa shape index (κ1) is 13.1. The standard InChI is InChI=1S/C11H7BrCl2FNS/c12-10-2-1-7(17-10)5-16-6-3-8(13)11(15)9(14)4-6/h1-4,16H,5H2. The molecule has 0 saturated heterocycles. The Hall–Kier alpha value is -0.290. The van der Waals surface area contributed by atoms with E-state index in [4.69, 9.17) is 23.2 Å². The van der Waals surface area contributed by atoms with E-state index < -0.39 is 5.82 Å². The van der Waals surface area contributed by atoms with Crippen LogP contribution in [0.3, 0.4) is 0 Å². The van der Waals surface area contributed by atoms with Crippen molar-refractivity contribution in [2.45, 2.75) is 6.54 Å². The summed E-state index contributed by atoms with van der Waals surface area (Å²) >= 11 is 16.4. The minimum atomic E-state index is -0.585. The van der Waals surface area contributed by atoms with E-state index in [2.05, 4.69) is 21.2 Å². The third-order valence-corrected chi connectivity index (χ3v) is 4.25. The van der Waals surface area contributed by atoms with Gasteiger partial charge in [0.25, 0.3) is 0 Å². The van der Waals surface area contributed by atoms with Crippen LogP contribution in [-0.2, 0) is 6.54 Å². The molecule has 1 aromatic heterocycles. The van der Waals surface area contributed by atoms with Gasteiger partial charge >= 0.3 is 0 Å². The van der Waals surface area contributed by atoms with Crippen molar-refractivity contribution >= 4 is 56.2 Å². The van der Waals surface area contributed by atoms with Gasteiger partial charge in [-0.05, 0) is 40.2 Å². The summed E-state index contributed by atoms with van der Waals surface area (Å²) in [6, 6.07) is 7.03. The van der Waals surface area contributed by atoms with Crippen molar-refractivity contribution < 1.29 is 4.39 Å². The van der Waals surface area contributed by atoms with E-state index in [-0.39, 0.29) is 10.0 Å². The monoisotopic (exact) mass is 353 g/mol. The summed E-state index contributed by atoms with van der Waals surface area (Å²) in [5.74, 6) is -0.585. The molecule has 1 N–H and O–H groups in total. The molecule has 0 amide bonds. The Kier molecular flexibility index (Phi) is 4.31. The molecule has 6 heteroatoms. The van der Waals surface area contributed by atoms with Gasteiger partial charge in [0.05, 0.1) is 13.8 Å². The van der Waals surface area contributed by atoms with Crippen molar-refractivity contribution in [1.29, 1.82) is 0 Å². The average molecular weight is 355 g/mol. The van der Waals surface area contributed by atoms with Gasteiger partial charge in [0, 0.05) is 17.1 Å². The zero-order chi connectivity index (χ0) is 12.4. The molecule has 2 aromatic rings. The third kappa shape index (κ3) is 3.35. The van der Waals surface area contributed by atoms with Crippen LogP contribution in [0.25, 0.3) is 0 Å². The zero-order valence-electron chi connectivity index (χ0n) is 8.44. The predicted molar refractivity (Wildman–Crippen MR) is 75.8 cm³/mol. The number of benzene rings is 1. The predicted octanol–water partition coefficient (Wildman–Crippen LogP) is 5.57. The summed E-state index contributed by atoms with van der Waals surface area (Å²) in [7, 11) is 0. The van der Waals surface area contributed by atoms with E-state index in [1.807, 2.05) is 12.1 Å². The lowest BCUT2D eigenvalue weighted by Crippen LogP contribution is -1.97. The van der Waals surface area contributed by atoms with E-state index >= 15 is 0 Å². The summed E-state index contributed by atoms with van der Waals surface area (Å²) in [5.41, 5.74) is 0.700. The summed E-state index contributed by atoms with van der Waals surface area (Å²) in [5, 5.41) is 3.18. The van der Waals surface area contributed by atoms with Crippen LogP contribution in [0.5, 0.6) is 0 Å². The minimum absolute atomic E-state index is 0.0207. The summed E-state index contributed by atoms with van der Waals surface area (Å²) in [4.78, 5) is 1.16. The second-order valence-corrected chi connectivity index (χ2v) is 6.68. The van der Waals surface area contributed by atoms with Crippen LogP contribution in [-0.4, -0.2) is 0 Å². The van der Waals surface area contributed by atoms with Crippen molar-refractivity contribution in [1.82, 2.24) is 0 Å². The molecule has 90 valence electrons. The molecule has 0 bridgehead atoms. The fraction of sp³-hybridized carbons (Fsp3) is 0.0909. The molecule has 0 fully saturated rings. The minimum Gasteiger partial charge on any atom is -0.380 e. The van der Waals surface area contributed by atoms with Crippen LogP contribution in [0, 0.1) is 5.82 Å². The molecule has 0 spiro atoms. The molecule has 1 heterocycles. The Labute approximate surface area is 121 Å². The number of thiophene rings is 1. The van der Waals surface area contributed by atoms with Crippen molar-refractivity contribution in [3.63, 3.8) is 0 Å². The molecule has 17 heavy (non-hydrogen) atoms. The summed E-state index contributed by atoms with van der Waals surface area (Å²) in [6.07, 6.45) is 0. The highest BCUT2D eigenvalue weighted by Crippen LogP contribution is 2.28. The molecule has 1 nitrogen and oxygen atoms in total. The molecular weight excluding hydrogens is 348 g/mol.